The van der Waals surface area contributed by atoms with Crippen LogP contribution in [0.4, 0.5) is 0 Å². The minimum Gasteiger partial charge on any atom is -0.388 e. The van der Waals surface area contributed by atoms with Crippen molar-refractivity contribution in [2.45, 2.75) is 96.5 Å². The molecule has 22 heavy (non-hydrogen) atoms. The molecule has 1 heteroatoms. The smallest absolute Gasteiger partial charge is 0.0790 e. The fourth-order valence-electron chi connectivity index (χ4n) is 3.02. The quantitative estimate of drug-likeness (QED) is 0.374. The van der Waals surface area contributed by atoms with Gasteiger partial charge in [-0.25, -0.2) is 0 Å². The molecule has 1 rings (SSSR count). The molecule has 1 N–H and O–H groups in total. The van der Waals surface area contributed by atoms with Gasteiger partial charge in [-0.05, 0) is 12.0 Å². The highest BCUT2D eigenvalue weighted by molar-refractivity contribution is 5.16. The van der Waals surface area contributed by atoms with E-state index in [0.717, 1.165) is 18.4 Å². The summed E-state index contributed by atoms with van der Waals surface area (Å²) in [6.07, 6.45) is 17.0. The van der Waals surface area contributed by atoms with Gasteiger partial charge in [0.15, 0.2) is 0 Å². The highest BCUT2D eigenvalue weighted by Gasteiger charge is 2.05. The van der Waals surface area contributed by atoms with Gasteiger partial charge in [-0.15, -0.1) is 0 Å². The van der Waals surface area contributed by atoms with Crippen molar-refractivity contribution in [3.63, 3.8) is 0 Å². The van der Waals surface area contributed by atoms with E-state index in [0.29, 0.717) is 0 Å². The average Bonchev–Trinajstić information content (AvgIpc) is 2.56. The second-order valence-corrected chi connectivity index (χ2v) is 6.60. The maximum atomic E-state index is 10.1. The Labute approximate surface area is 138 Å². The molecule has 126 valence electrons. The van der Waals surface area contributed by atoms with E-state index in [9.17, 15) is 5.11 Å². The number of aliphatic hydroxyl groups is 1. The summed E-state index contributed by atoms with van der Waals surface area (Å²) in [4.78, 5) is 0. The molecule has 0 amide bonds. The summed E-state index contributed by atoms with van der Waals surface area (Å²) < 4.78 is 0. The molecular formula is C21H36O. The van der Waals surface area contributed by atoms with Crippen LogP contribution in [0.25, 0.3) is 0 Å². The molecule has 1 nitrogen and oxygen atoms in total. The monoisotopic (exact) mass is 304 g/mol. The van der Waals surface area contributed by atoms with Crippen LogP contribution < -0.4 is 0 Å². The lowest BCUT2D eigenvalue weighted by atomic mass is 10.0. The van der Waals surface area contributed by atoms with Gasteiger partial charge in [0.25, 0.3) is 0 Å². The standard InChI is InChI=1S/C21H36O/c1-2-3-4-5-6-7-8-9-10-11-12-16-19-21(22)20-17-14-13-15-18-20/h13-15,17-18,21-22H,2-12,16,19H2,1H3/t21-/m1/s1. The molecule has 0 heterocycles. The lowest BCUT2D eigenvalue weighted by Gasteiger charge is -2.10. The summed E-state index contributed by atoms with van der Waals surface area (Å²) in [5.74, 6) is 0. The highest BCUT2D eigenvalue weighted by atomic mass is 16.3. The summed E-state index contributed by atoms with van der Waals surface area (Å²) in [5, 5.41) is 10.1. The van der Waals surface area contributed by atoms with E-state index >= 15 is 0 Å². The third-order valence-electron chi connectivity index (χ3n) is 4.52. The lowest BCUT2D eigenvalue weighted by molar-refractivity contribution is 0.163. The van der Waals surface area contributed by atoms with Gasteiger partial charge in [-0.1, -0.05) is 114 Å². The van der Waals surface area contributed by atoms with Crippen LogP contribution in [0.5, 0.6) is 0 Å². The summed E-state index contributed by atoms with van der Waals surface area (Å²) in [7, 11) is 0. The van der Waals surface area contributed by atoms with Gasteiger partial charge in [0.1, 0.15) is 0 Å². The molecule has 0 saturated heterocycles. The van der Waals surface area contributed by atoms with Gasteiger partial charge in [-0.3, -0.25) is 0 Å². The van der Waals surface area contributed by atoms with Crippen molar-refractivity contribution in [3.05, 3.63) is 35.9 Å². The number of unbranched alkanes of at least 4 members (excludes halogenated alkanes) is 11. The number of hydrogen-bond donors (Lipinski definition) is 1. The zero-order valence-electron chi connectivity index (χ0n) is 14.6. The maximum absolute atomic E-state index is 10.1. The molecule has 0 radical (unpaired) electrons. The lowest BCUT2D eigenvalue weighted by Crippen LogP contribution is -1.96. The van der Waals surface area contributed by atoms with Crippen LogP contribution in [-0.2, 0) is 0 Å². The van der Waals surface area contributed by atoms with Gasteiger partial charge in [0.05, 0.1) is 6.10 Å². The number of aliphatic hydroxyl groups excluding tert-OH is 1. The number of rotatable bonds is 14. The van der Waals surface area contributed by atoms with Crippen molar-refractivity contribution in [3.8, 4) is 0 Å². The van der Waals surface area contributed by atoms with E-state index in [-0.39, 0.29) is 6.10 Å². The average molecular weight is 305 g/mol. The Morgan fingerprint density at radius 3 is 1.64 bits per heavy atom. The fraction of sp³-hybridized carbons (Fsp3) is 0.714. The first-order valence-electron chi connectivity index (χ1n) is 9.57. The Hall–Kier alpha value is -0.820. The molecule has 0 aliphatic carbocycles. The van der Waals surface area contributed by atoms with Crippen LogP contribution in [0.1, 0.15) is 102 Å². The minimum atomic E-state index is -0.274. The van der Waals surface area contributed by atoms with E-state index < -0.39 is 0 Å². The second-order valence-electron chi connectivity index (χ2n) is 6.60. The third-order valence-corrected chi connectivity index (χ3v) is 4.52. The van der Waals surface area contributed by atoms with Gasteiger partial charge < -0.3 is 5.11 Å². The van der Waals surface area contributed by atoms with Crippen molar-refractivity contribution in [2.75, 3.05) is 0 Å². The fourth-order valence-corrected chi connectivity index (χ4v) is 3.02. The minimum absolute atomic E-state index is 0.274. The van der Waals surface area contributed by atoms with Gasteiger partial charge in [0, 0.05) is 0 Å². The largest absolute Gasteiger partial charge is 0.388 e. The number of hydrogen-bond acceptors (Lipinski definition) is 1. The Morgan fingerprint density at radius 1 is 0.682 bits per heavy atom. The van der Waals surface area contributed by atoms with Crippen LogP contribution in [-0.4, -0.2) is 5.11 Å². The molecule has 0 bridgehead atoms. The molecule has 0 spiro atoms. The van der Waals surface area contributed by atoms with Gasteiger partial charge in [-0.2, -0.15) is 0 Å². The highest BCUT2D eigenvalue weighted by Crippen LogP contribution is 2.20. The topological polar surface area (TPSA) is 20.2 Å². The van der Waals surface area contributed by atoms with Gasteiger partial charge in [0.2, 0.25) is 0 Å². The Morgan fingerprint density at radius 2 is 1.14 bits per heavy atom. The molecule has 0 unspecified atom stereocenters. The molecule has 0 aliphatic rings. The normalized spacial score (nSPS) is 12.5. The second kappa shape index (κ2) is 13.8. The predicted octanol–water partition coefficient (Wildman–Crippen LogP) is 6.81. The Bertz CT molecular complexity index is 333. The van der Waals surface area contributed by atoms with Crippen LogP contribution in [0.3, 0.4) is 0 Å². The van der Waals surface area contributed by atoms with Crippen molar-refractivity contribution in [1.29, 1.82) is 0 Å². The first-order valence-corrected chi connectivity index (χ1v) is 9.57. The van der Waals surface area contributed by atoms with E-state index in [2.05, 4.69) is 6.92 Å². The van der Waals surface area contributed by atoms with E-state index in [4.69, 9.17) is 0 Å². The molecule has 0 aliphatic heterocycles. The zero-order valence-corrected chi connectivity index (χ0v) is 14.6. The first kappa shape index (κ1) is 19.2. The SMILES string of the molecule is CCCCCCCCCCCCCC[C@@H](O)c1ccccc1. The van der Waals surface area contributed by atoms with Crippen LogP contribution >= 0.6 is 0 Å². The zero-order chi connectivity index (χ0) is 15.9. The summed E-state index contributed by atoms with van der Waals surface area (Å²) >= 11 is 0. The molecule has 1 aromatic carbocycles. The molecule has 1 atom stereocenters. The van der Waals surface area contributed by atoms with Crippen LogP contribution in [0.15, 0.2) is 30.3 Å². The Balaban J connectivity index is 1.84. The third kappa shape index (κ3) is 10.00. The van der Waals surface area contributed by atoms with Gasteiger partial charge >= 0.3 is 0 Å². The molecule has 0 saturated carbocycles. The Kier molecular flexibility index (Phi) is 12.1. The first-order chi connectivity index (χ1) is 10.8. The maximum Gasteiger partial charge on any atom is 0.0790 e. The van der Waals surface area contributed by atoms with E-state index in [1.54, 1.807) is 0 Å². The summed E-state index contributed by atoms with van der Waals surface area (Å²) in [6.45, 7) is 2.28. The van der Waals surface area contributed by atoms with Crippen molar-refractivity contribution >= 4 is 0 Å². The van der Waals surface area contributed by atoms with Crippen molar-refractivity contribution in [2.24, 2.45) is 0 Å². The van der Waals surface area contributed by atoms with Crippen LogP contribution in [0.2, 0.25) is 0 Å². The molecule has 0 fully saturated rings. The summed E-state index contributed by atoms with van der Waals surface area (Å²) in [6, 6.07) is 10.0. The van der Waals surface area contributed by atoms with E-state index in [1.807, 2.05) is 30.3 Å². The van der Waals surface area contributed by atoms with E-state index in [1.165, 1.54) is 70.6 Å². The van der Waals surface area contributed by atoms with Crippen LogP contribution in [0, 0.1) is 0 Å². The van der Waals surface area contributed by atoms with Crippen molar-refractivity contribution < 1.29 is 5.11 Å². The van der Waals surface area contributed by atoms with Crippen molar-refractivity contribution in [1.82, 2.24) is 0 Å². The number of benzene rings is 1. The molecular weight excluding hydrogens is 268 g/mol. The summed E-state index contributed by atoms with van der Waals surface area (Å²) in [5.41, 5.74) is 1.06. The predicted molar refractivity (Wildman–Crippen MR) is 97.1 cm³/mol. The molecule has 1 aromatic rings. The molecule has 0 aromatic heterocycles.